The fourth-order valence-electron chi connectivity index (χ4n) is 3.38. The number of hydrogen-bond donors (Lipinski definition) is 1. The van der Waals surface area contributed by atoms with Gasteiger partial charge in [-0.05, 0) is 43.3 Å². The Morgan fingerprint density at radius 2 is 0.923 bits per heavy atom. The van der Waals surface area contributed by atoms with Gasteiger partial charge < -0.3 is 28.8 Å². The van der Waals surface area contributed by atoms with Crippen LogP contribution in [0, 0.1) is 0 Å². The van der Waals surface area contributed by atoms with Crippen LogP contribution >= 0.6 is 0 Å². The second kappa shape index (κ2) is 16.0. The zero-order chi connectivity index (χ0) is 27.9. The lowest BCUT2D eigenvalue weighted by Gasteiger charge is -2.21. The lowest BCUT2D eigenvalue weighted by molar-refractivity contribution is -0.0714. The van der Waals surface area contributed by atoms with Crippen molar-refractivity contribution in [3.8, 4) is 0 Å². The third kappa shape index (κ3) is 10.3. The smallest absolute Gasteiger partial charge is 0.338 e. The lowest BCUT2D eigenvalue weighted by atomic mass is 10.2. The van der Waals surface area contributed by atoms with Gasteiger partial charge in [-0.15, -0.1) is 0 Å². The first-order valence-electron chi connectivity index (χ1n) is 12.5. The summed E-state index contributed by atoms with van der Waals surface area (Å²) in [4.78, 5) is 37.1. The molecule has 0 spiro atoms. The largest absolute Gasteiger partial charge is 0.457 e. The summed E-state index contributed by atoms with van der Waals surface area (Å²) in [5, 5.41) is 9.63. The van der Waals surface area contributed by atoms with Gasteiger partial charge in [0.1, 0.15) is 18.3 Å². The zero-order valence-corrected chi connectivity index (χ0v) is 21.6. The molecule has 3 aromatic carbocycles. The Kier molecular flexibility index (Phi) is 12.1. The molecule has 0 amide bonds. The van der Waals surface area contributed by atoms with E-state index < -0.39 is 42.8 Å². The first-order chi connectivity index (χ1) is 19.0. The zero-order valence-electron chi connectivity index (χ0n) is 21.6. The van der Waals surface area contributed by atoms with Crippen LogP contribution in [0.1, 0.15) is 38.0 Å². The van der Waals surface area contributed by atoms with Crippen LogP contribution in [0.4, 0.5) is 0 Å². The van der Waals surface area contributed by atoms with Gasteiger partial charge in [0.05, 0.1) is 49.7 Å². The Bertz CT molecular complexity index is 1150. The number of rotatable bonds is 15. The molecule has 3 atom stereocenters. The Morgan fingerprint density at radius 1 is 0.564 bits per heavy atom. The molecule has 39 heavy (non-hydrogen) atoms. The average molecular weight is 537 g/mol. The third-order valence-corrected chi connectivity index (χ3v) is 5.35. The van der Waals surface area contributed by atoms with E-state index in [9.17, 15) is 19.5 Å². The molecule has 0 fully saturated rings. The second-order valence-corrected chi connectivity index (χ2v) is 8.63. The maximum atomic E-state index is 12.6. The predicted molar refractivity (Wildman–Crippen MR) is 141 cm³/mol. The lowest BCUT2D eigenvalue weighted by Crippen LogP contribution is -2.33. The predicted octanol–water partition coefficient (Wildman–Crippen LogP) is 3.71. The number of ether oxygens (including phenoxy) is 5. The van der Waals surface area contributed by atoms with Gasteiger partial charge in [-0.25, -0.2) is 14.4 Å². The van der Waals surface area contributed by atoms with E-state index in [1.165, 1.54) is 0 Å². The number of hydrogen-bond acceptors (Lipinski definition) is 9. The summed E-state index contributed by atoms with van der Waals surface area (Å²) in [6.07, 6.45) is -2.29. The first-order valence-corrected chi connectivity index (χ1v) is 12.5. The summed E-state index contributed by atoms with van der Waals surface area (Å²) in [6, 6.07) is 25.5. The molecule has 0 bridgehead atoms. The maximum absolute atomic E-state index is 12.6. The van der Waals surface area contributed by atoms with Crippen molar-refractivity contribution >= 4 is 17.9 Å². The molecule has 0 heterocycles. The van der Waals surface area contributed by atoms with Gasteiger partial charge in [0, 0.05) is 0 Å². The minimum absolute atomic E-state index is 0.0423. The molecule has 3 rings (SSSR count). The topological polar surface area (TPSA) is 118 Å². The van der Waals surface area contributed by atoms with Crippen LogP contribution in [-0.2, 0) is 23.7 Å². The SMILES string of the molecule is CC(COCC(COCC(CO)OC(=O)c1ccccc1)OC(=O)c1ccccc1)OC(=O)c1ccccc1. The second-order valence-electron chi connectivity index (χ2n) is 8.63. The van der Waals surface area contributed by atoms with E-state index in [4.69, 9.17) is 23.7 Å². The molecule has 3 unspecified atom stereocenters. The van der Waals surface area contributed by atoms with Crippen molar-refractivity contribution in [2.24, 2.45) is 0 Å². The van der Waals surface area contributed by atoms with Gasteiger partial charge in [0.2, 0.25) is 0 Å². The number of benzene rings is 3. The van der Waals surface area contributed by atoms with E-state index in [2.05, 4.69) is 0 Å². The molecule has 0 aromatic heterocycles. The highest BCUT2D eigenvalue weighted by molar-refractivity contribution is 5.90. The average Bonchev–Trinajstić information content (AvgIpc) is 2.97. The van der Waals surface area contributed by atoms with Gasteiger partial charge >= 0.3 is 17.9 Å². The molecule has 0 saturated heterocycles. The quantitative estimate of drug-likeness (QED) is 0.229. The fourth-order valence-corrected chi connectivity index (χ4v) is 3.38. The highest BCUT2D eigenvalue weighted by atomic mass is 16.6. The minimum atomic E-state index is -0.915. The molecule has 1 N–H and O–H groups in total. The molecule has 0 aliphatic rings. The molecule has 9 nitrogen and oxygen atoms in total. The van der Waals surface area contributed by atoms with E-state index >= 15 is 0 Å². The van der Waals surface area contributed by atoms with Gasteiger partial charge in [0.15, 0.2) is 0 Å². The van der Waals surface area contributed by atoms with Crippen molar-refractivity contribution in [2.45, 2.75) is 25.2 Å². The standard InChI is InChI=1S/C30H32O9/c1-22(37-28(32)23-11-5-2-6-12-23)18-35-20-27(39-30(34)25-15-9-4-10-16-25)21-36-19-26(17-31)38-29(33)24-13-7-3-8-14-24/h2-16,22,26-27,31H,17-21H2,1H3. The Morgan fingerprint density at radius 3 is 1.36 bits per heavy atom. The Hall–Kier alpha value is -4.05. The van der Waals surface area contributed by atoms with Crippen LogP contribution in [-0.4, -0.2) is 74.4 Å². The third-order valence-electron chi connectivity index (χ3n) is 5.35. The van der Waals surface area contributed by atoms with E-state index in [-0.39, 0.29) is 26.4 Å². The molecule has 3 aromatic rings. The molecule has 0 aliphatic carbocycles. The van der Waals surface area contributed by atoms with Crippen molar-refractivity contribution in [3.63, 3.8) is 0 Å². The summed E-state index contributed by atoms with van der Waals surface area (Å²) in [5.74, 6) is -1.62. The molecule has 0 saturated carbocycles. The van der Waals surface area contributed by atoms with E-state index in [0.29, 0.717) is 16.7 Å². The summed E-state index contributed by atoms with van der Waals surface area (Å²) >= 11 is 0. The molecular weight excluding hydrogens is 504 g/mol. The van der Waals surface area contributed by atoms with E-state index in [0.717, 1.165) is 0 Å². The molecule has 0 aliphatic heterocycles. The van der Waals surface area contributed by atoms with Crippen LogP contribution < -0.4 is 0 Å². The number of esters is 3. The normalized spacial score (nSPS) is 13.1. The number of carbonyl (C=O) groups is 3. The highest BCUT2D eigenvalue weighted by Crippen LogP contribution is 2.09. The van der Waals surface area contributed by atoms with Crippen LogP contribution in [0.5, 0.6) is 0 Å². The van der Waals surface area contributed by atoms with Crippen molar-refractivity contribution in [2.75, 3.05) is 33.0 Å². The molecular formula is C30H32O9. The van der Waals surface area contributed by atoms with Gasteiger partial charge in [-0.2, -0.15) is 0 Å². The van der Waals surface area contributed by atoms with Crippen molar-refractivity contribution in [1.29, 1.82) is 0 Å². The number of aliphatic hydroxyl groups excluding tert-OH is 1. The molecule has 206 valence electrons. The Labute approximate surface area is 227 Å². The van der Waals surface area contributed by atoms with Crippen molar-refractivity contribution < 1.29 is 43.2 Å². The van der Waals surface area contributed by atoms with Gasteiger partial charge in [-0.1, -0.05) is 54.6 Å². The van der Waals surface area contributed by atoms with Crippen LogP contribution in [0.15, 0.2) is 91.0 Å². The van der Waals surface area contributed by atoms with E-state index in [1.54, 1.807) is 97.9 Å². The van der Waals surface area contributed by atoms with Crippen LogP contribution in [0.3, 0.4) is 0 Å². The number of carbonyl (C=O) groups excluding carboxylic acids is 3. The highest BCUT2D eigenvalue weighted by Gasteiger charge is 2.21. The summed E-state index contributed by atoms with van der Waals surface area (Å²) < 4.78 is 27.6. The summed E-state index contributed by atoms with van der Waals surface area (Å²) in [5.41, 5.74) is 1.14. The Balaban J connectivity index is 1.50. The monoisotopic (exact) mass is 536 g/mol. The summed E-state index contributed by atoms with van der Waals surface area (Å²) in [7, 11) is 0. The minimum Gasteiger partial charge on any atom is -0.457 e. The van der Waals surface area contributed by atoms with Crippen molar-refractivity contribution in [1.82, 2.24) is 0 Å². The first kappa shape index (κ1) is 29.5. The number of aliphatic hydroxyl groups is 1. The molecule has 0 radical (unpaired) electrons. The van der Waals surface area contributed by atoms with Gasteiger partial charge in [0.25, 0.3) is 0 Å². The maximum Gasteiger partial charge on any atom is 0.338 e. The van der Waals surface area contributed by atoms with Gasteiger partial charge in [-0.3, -0.25) is 0 Å². The van der Waals surface area contributed by atoms with Crippen LogP contribution in [0.2, 0.25) is 0 Å². The summed E-state index contributed by atoms with van der Waals surface area (Å²) in [6.45, 7) is 1.05. The van der Waals surface area contributed by atoms with E-state index in [1.807, 2.05) is 0 Å². The molecule has 9 heteroatoms. The fraction of sp³-hybridized carbons (Fsp3) is 0.300. The van der Waals surface area contributed by atoms with Crippen molar-refractivity contribution in [3.05, 3.63) is 108 Å². The van der Waals surface area contributed by atoms with Crippen LogP contribution in [0.25, 0.3) is 0 Å².